The van der Waals surface area contributed by atoms with Crippen LogP contribution in [0, 0.1) is 5.92 Å². The lowest BCUT2D eigenvalue weighted by atomic mass is 10.0. The largest absolute Gasteiger partial charge is 0.338 e. The summed E-state index contributed by atoms with van der Waals surface area (Å²) in [6.45, 7) is 11.8. The first-order valence-corrected chi connectivity index (χ1v) is 8.04. The molecular formula is C17H27NOS. The molecule has 0 fully saturated rings. The minimum Gasteiger partial charge on any atom is -0.338 e. The minimum atomic E-state index is -0.888. The molecule has 0 aliphatic carbocycles. The molecule has 0 saturated carbocycles. The van der Waals surface area contributed by atoms with Gasteiger partial charge in [-0.2, -0.15) is 0 Å². The van der Waals surface area contributed by atoms with Crippen LogP contribution in [-0.4, -0.2) is 28.1 Å². The summed E-state index contributed by atoms with van der Waals surface area (Å²) in [7, 11) is 0. The maximum Gasteiger partial charge on any atom is 0.226 e. The van der Waals surface area contributed by atoms with Gasteiger partial charge in [0, 0.05) is 29.5 Å². The van der Waals surface area contributed by atoms with E-state index in [1.165, 1.54) is 11.8 Å². The second-order valence-corrected chi connectivity index (χ2v) is 7.00. The van der Waals surface area contributed by atoms with E-state index in [9.17, 15) is 4.79 Å². The van der Waals surface area contributed by atoms with Gasteiger partial charge in [0.05, 0.1) is 0 Å². The van der Waals surface area contributed by atoms with Crippen molar-refractivity contribution in [3.8, 4) is 0 Å². The lowest BCUT2D eigenvalue weighted by molar-refractivity contribution is -0.138. The molecule has 20 heavy (non-hydrogen) atoms. The van der Waals surface area contributed by atoms with Gasteiger partial charge in [-0.05, 0) is 39.8 Å². The molecule has 2 nitrogen and oxygen atoms in total. The second kappa shape index (κ2) is 7.72. The van der Waals surface area contributed by atoms with Crippen molar-refractivity contribution in [3.05, 3.63) is 30.3 Å². The Morgan fingerprint density at radius 2 is 1.55 bits per heavy atom. The third-order valence-electron chi connectivity index (χ3n) is 3.37. The van der Waals surface area contributed by atoms with Crippen LogP contribution in [0.4, 0.5) is 0 Å². The molecule has 0 aromatic heterocycles. The van der Waals surface area contributed by atoms with Crippen LogP contribution in [0.15, 0.2) is 35.2 Å². The van der Waals surface area contributed by atoms with Crippen molar-refractivity contribution >= 4 is 17.7 Å². The van der Waals surface area contributed by atoms with E-state index < -0.39 is 5.23 Å². The molecule has 0 unspecified atom stereocenters. The number of hydrogen-bond donors (Lipinski definition) is 0. The molecule has 0 saturated heterocycles. The number of benzene rings is 1. The topological polar surface area (TPSA) is 20.3 Å². The summed E-state index contributed by atoms with van der Waals surface area (Å²) < 4.78 is 8.59. The summed E-state index contributed by atoms with van der Waals surface area (Å²) in [5.41, 5.74) is 0. The van der Waals surface area contributed by atoms with Crippen LogP contribution in [0.3, 0.4) is 0 Å². The van der Waals surface area contributed by atoms with Crippen molar-refractivity contribution in [3.63, 3.8) is 0 Å². The average molecular weight is 294 g/mol. The molecule has 0 N–H and O–H groups in total. The number of carbonyl (C=O) groups is 1. The monoisotopic (exact) mass is 294 g/mol. The van der Waals surface area contributed by atoms with Gasteiger partial charge >= 0.3 is 0 Å². The molecule has 3 heteroatoms. The number of hydrogen-bond acceptors (Lipinski definition) is 2. The molecule has 1 aromatic carbocycles. The summed E-state index contributed by atoms with van der Waals surface area (Å²) in [5.74, 6) is -0.312. The van der Waals surface area contributed by atoms with Gasteiger partial charge in [-0.3, -0.25) is 4.79 Å². The first kappa shape index (κ1) is 15.4. The lowest BCUT2D eigenvalue weighted by Crippen LogP contribution is -2.46. The minimum absolute atomic E-state index is 0.0564. The zero-order valence-electron chi connectivity index (χ0n) is 14.4. The van der Waals surface area contributed by atoms with Crippen molar-refractivity contribution in [2.24, 2.45) is 5.92 Å². The van der Waals surface area contributed by atoms with Crippen LogP contribution in [0.1, 0.15) is 42.9 Å². The molecule has 0 radical (unpaired) electrons. The molecule has 0 heterocycles. The van der Waals surface area contributed by atoms with Crippen molar-refractivity contribution in [1.82, 2.24) is 4.90 Å². The Labute approximate surface area is 129 Å². The van der Waals surface area contributed by atoms with E-state index >= 15 is 0 Å². The zero-order chi connectivity index (χ0) is 16.2. The standard InChI is InChI=1S/C17H27NOS/c1-12(2)18(13(3)4)17(19)14(5)15(6)20-16-10-8-7-9-11-16/h7-15H,1-6H3/t14-,15-/m0/s1/i15D. The molecule has 1 amide bonds. The van der Waals surface area contributed by atoms with Gasteiger partial charge in [-0.15, -0.1) is 11.8 Å². The van der Waals surface area contributed by atoms with E-state index in [4.69, 9.17) is 1.37 Å². The predicted molar refractivity (Wildman–Crippen MR) is 88.0 cm³/mol. The second-order valence-electron chi connectivity index (χ2n) is 5.68. The molecule has 0 bridgehead atoms. The van der Waals surface area contributed by atoms with Crippen LogP contribution < -0.4 is 0 Å². The summed E-state index contributed by atoms with van der Waals surface area (Å²) in [6.07, 6.45) is 0. The third-order valence-corrected chi connectivity index (χ3v) is 4.55. The smallest absolute Gasteiger partial charge is 0.226 e. The SMILES string of the molecule is [2H][C@@](C)(Sc1ccccc1)[C@H](C)C(=O)N(C(C)C)C(C)C. The Morgan fingerprint density at radius 3 is 2.00 bits per heavy atom. The van der Waals surface area contributed by atoms with Gasteiger partial charge in [0.25, 0.3) is 0 Å². The Balaban J connectivity index is 2.89. The highest BCUT2D eigenvalue weighted by atomic mass is 32.2. The number of nitrogens with zero attached hydrogens (tertiary/aromatic N) is 1. The first-order chi connectivity index (χ1) is 9.66. The van der Waals surface area contributed by atoms with Crippen LogP contribution in [0.2, 0.25) is 0 Å². The third kappa shape index (κ3) is 4.55. The number of thioether (sulfide) groups is 1. The van der Waals surface area contributed by atoms with E-state index in [1.807, 2.05) is 76.8 Å². The average Bonchev–Trinajstić information content (AvgIpc) is 2.37. The van der Waals surface area contributed by atoms with Gasteiger partial charge in [0.2, 0.25) is 5.91 Å². The van der Waals surface area contributed by atoms with Gasteiger partial charge < -0.3 is 4.90 Å². The molecule has 112 valence electrons. The quantitative estimate of drug-likeness (QED) is 0.723. The zero-order valence-corrected chi connectivity index (χ0v) is 14.2. The fraction of sp³-hybridized carbons (Fsp3) is 0.588. The Bertz CT molecular complexity index is 451. The van der Waals surface area contributed by atoms with E-state index in [0.29, 0.717) is 0 Å². The lowest BCUT2D eigenvalue weighted by Gasteiger charge is -2.34. The van der Waals surface area contributed by atoms with E-state index in [-0.39, 0.29) is 23.9 Å². The fourth-order valence-electron chi connectivity index (χ4n) is 2.27. The number of amides is 1. The van der Waals surface area contributed by atoms with E-state index in [1.54, 1.807) is 0 Å². The first-order valence-electron chi connectivity index (χ1n) is 7.73. The highest BCUT2D eigenvalue weighted by Crippen LogP contribution is 2.29. The van der Waals surface area contributed by atoms with Crippen molar-refractivity contribution < 1.29 is 6.17 Å². The van der Waals surface area contributed by atoms with Crippen LogP contribution in [0.5, 0.6) is 0 Å². The fourth-order valence-corrected chi connectivity index (χ4v) is 3.21. The summed E-state index contributed by atoms with van der Waals surface area (Å²) >= 11 is 1.44. The molecule has 0 aliphatic heterocycles. The maximum absolute atomic E-state index is 12.8. The Hall–Kier alpha value is -0.960. The molecule has 2 atom stereocenters. The Morgan fingerprint density at radius 1 is 1.05 bits per heavy atom. The Kier molecular flexibility index (Phi) is 5.96. The van der Waals surface area contributed by atoms with Gasteiger partial charge in [-0.1, -0.05) is 32.0 Å². The van der Waals surface area contributed by atoms with Crippen LogP contribution in [-0.2, 0) is 4.79 Å². The highest BCUT2D eigenvalue weighted by molar-refractivity contribution is 8.00. The summed E-state index contributed by atoms with van der Waals surface area (Å²) in [6, 6.07) is 10.1. The predicted octanol–water partition coefficient (Wildman–Crippen LogP) is 4.45. The molecule has 1 rings (SSSR count). The van der Waals surface area contributed by atoms with Gasteiger partial charge in [-0.25, -0.2) is 0 Å². The molecular weight excluding hydrogens is 266 g/mol. The van der Waals surface area contributed by atoms with Crippen molar-refractivity contribution in [2.75, 3.05) is 0 Å². The molecule has 0 aliphatic rings. The molecule has 1 aromatic rings. The van der Waals surface area contributed by atoms with E-state index in [0.717, 1.165) is 4.90 Å². The van der Waals surface area contributed by atoms with E-state index in [2.05, 4.69) is 0 Å². The van der Waals surface area contributed by atoms with Crippen LogP contribution >= 0.6 is 11.8 Å². The van der Waals surface area contributed by atoms with Crippen LogP contribution in [0.25, 0.3) is 0 Å². The normalized spacial score (nSPS) is 16.7. The maximum atomic E-state index is 12.8. The van der Waals surface area contributed by atoms with Gasteiger partial charge in [0.15, 0.2) is 0 Å². The summed E-state index contributed by atoms with van der Waals surface area (Å²) in [4.78, 5) is 15.7. The number of rotatable bonds is 6. The molecule has 0 spiro atoms. The number of carbonyl (C=O) groups excluding carboxylic acids is 1. The highest BCUT2D eigenvalue weighted by Gasteiger charge is 2.28. The van der Waals surface area contributed by atoms with Crippen molar-refractivity contribution in [2.45, 2.75) is 63.7 Å². The van der Waals surface area contributed by atoms with Crippen molar-refractivity contribution in [1.29, 1.82) is 0 Å². The van der Waals surface area contributed by atoms with Gasteiger partial charge in [0.1, 0.15) is 0 Å². The summed E-state index contributed by atoms with van der Waals surface area (Å²) in [5, 5.41) is -0.888.